The highest BCUT2D eigenvalue weighted by Gasteiger charge is 2.48. The van der Waals surface area contributed by atoms with Gasteiger partial charge in [-0.1, -0.05) is 46.3 Å². The van der Waals surface area contributed by atoms with Gasteiger partial charge < -0.3 is 18.6 Å². The first kappa shape index (κ1) is 26.0. The molecule has 0 N–H and O–H groups in total. The van der Waals surface area contributed by atoms with Crippen molar-refractivity contribution in [2.24, 2.45) is 10.1 Å². The van der Waals surface area contributed by atoms with Crippen LogP contribution in [0.3, 0.4) is 0 Å². The molecule has 1 atom stereocenters. The summed E-state index contributed by atoms with van der Waals surface area (Å²) in [6.45, 7) is 3.67. The van der Waals surface area contributed by atoms with Gasteiger partial charge in [-0.15, -0.1) is 5.10 Å². The summed E-state index contributed by atoms with van der Waals surface area (Å²) in [7, 11) is 0. The number of amidine groups is 1. The van der Waals surface area contributed by atoms with Gasteiger partial charge in [0.2, 0.25) is 18.6 Å². The number of ether oxygens (including phenoxy) is 3. The van der Waals surface area contributed by atoms with Crippen LogP contribution >= 0.6 is 15.9 Å². The van der Waals surface area contributed by atoms with Crippen LogP contribution in [0.1, 0.15) is 36.0 Å². The Morgan fingerprint density at radius 3 is 2.69 bits per heavy atom. The van der Waals surface area contributed by atoms with Gasteiger partial charge in [0.25, 0.3) is 5.78 Å². The van der Waals surface area contributed by atoms with E-state index in [0.717, 1.165) is 9.86 Å². The van der Waals surface area contributed by atoms with E-state index < -0.39 is 17.8 Å². The highest BCUT2D eigenvalue weighted by atomic mass is 79.9. The number of halogens is 1. The van der Waals surface area contributed by atoms with Gasteiger partial charge in [-0.05, 0) is 56.3 Å². The maximum atomic E-state index is 14.3. The van der Waals surface area contributed by atoms with Gasteiger partial charge in [0, 0.05) is 15.4 Å². The number of guanidine groups is 1. The number of para-hydroxylation sites is 2. The van der Waals surface area contributed by atoms with Gasteiger partial charge in [0.15, 0.2) is 17.3 Å². The number of ketones is 1. The number of hydrogen-bond donors (Lipinski definition) is 0. The van der Waals surface area contributed by atoms with Crippen molar-refractivity contribution in [3.63, 3.8) is 0 Å². The second kappa shape index (κ2) is 10.2. The molecular formula is C31H23BrN4O6. The predicted molar refractivity (Wildman–Crippen MR) is 159 cm³/mol. The topological polar surface area (TPSA) is 106 Å². The number of aliphatic imine (C=N–C) groups is 1. The molecular weight excluding hydrogens is 604 g/mol. The van der Waals surface area contributed by atoms with Crippen molar-refractivity contribution in [1.82, 2.24) is 4.90 Å². The van der Waals surface area contributed by atoms with E-state index in [-0.39, 0.29) is 30.6 Å². The van der Waals surface area contributed by atoms with Crippen molar-refractivity contribution >= 4 is 56.1 Å². The molecule has 11 heteroatoms. The number of hydrogen-bond acceptors (Lipinski definition) is 10. The van der Waals surface area contributed by atoms with Crippen LogP contribution in [0, 0.1) is 0 Å². The van der Waals surface area contributed by atoms with Crippen molar-refractivity contribution in [3.05, 3.63) is 99.9 Å². The zero-order chi connectivity index (χ0) is 29.0. The number of carbonyl (C=O) groups excluding carboxylic acids is 2. The second-order valence-electron chi connectivity index (χ2n) is 9.68. The molecule has 7 rings (SSSR count). The number of nitrogens with zero attached hydrogens (tertiary/aromatic N) is 4. The summed E-state index contributed by atoms with van der Waals surface area (Å²) in [5.74, 6) is 0.420. The molecule has 4 aromatic rings. The average molecular weight is 627 g/mol. The van der Waals surface area contributed by atoms with Crippen molar-refractivity contribution in [2.75, 3.05) is 18.4 Å². The third kappa shape index (κ3) is 4.16. The van der Waals surface area contributed by atoms with Gasteiger partial charge in [0.05, 0.1) is 23.6 Å². The number of fused-ring (bicyclic) bond motifs is 3. The molecule has 42 heavy (non-hydrogen) atoms. The lowest BCUT2D eigenvalue weighted by atomic mass is 9.92. The molecule has 0 radical (unpaired) electrons. The van der Waals surface area contributed by atoms with Crippen LogP contribution in [-0.4, -0.2) is 41.8 Å². The molecule has 3 aliphatic heterocycles. The number of anilines is 1. The van der Waals surface area contributed by atoms with Gasteiger partial charge in [-0.3, -0.25) is 9.69 Å². The summed E-state index contributed by atoms with van der Waals surface area (Å²) >= 11 is 3.47. The number of hydrazone groups is 1. The lowest BCUT2D eigenvalue weighted by Crippen LogP contribution is -2.47. The van der Waals surface area contributed by atoms with Crippen LogP contribution in [-0.2, 0) is 9.53 Å². The lowest BCUT2D eigenvalue weighted by molar-refractivity contribution is -0.139. The highest BCUT2D eigenvalue weighted by Crippen LogP contribution is 2.47. The molecule has 0 spiro atoms. The Labute approximate surface area is 248 Å². The molecule has 0 bridgehead atoms. The quantitative estimate of drug-likeness (QED) is 0.184. The molecule has 10 nitrogen and oxygen atoms in total. The van der Waals surface area contributed by atoms with E-state index in [1.807, 2.05) is 54.6 Å². The van der Waals surface area contributed by atoms with Crippen LogP contribution in [0.25, 0.3) is 11.0 Å². The maximum Gasteiger partial charge on any atom is 0.338 e. The molecule has 0 amide bonds. The van der Waals surface area contributed by atoms with Gasteiger partial charge >= 0.3 is 5.97 Å². The third-order valence-corrected chi connectivity index (χ3v) is 7.63. The number of furan rings is 1. The summed E-state index contributed by atoms with van der Waals surface area (Å²) in [4.78, 5) is 34.3. The first-order chi connectivity index (χ1) is 20.4. The zero-order valence-electron chi connectivity index (χ0n) is 22.5. The summed E-state index contributed by atoms with van der Waals surface area (Å²) in [6, 6.07) is 21.1. The summed E-state index contributed by atoms with van der Waals surface area (Å²) in [6.07, 6.45) is 0. The zero-order valence-corrected chi connectivity index (χ0v) is 24.1. The number of esters is 1. The molecule has 1 unspecified atom stereocenters. The molecule has 3 aliphatic rings. The molecule has 3 aromatic carbocycles. The van der Waals surface area contributed by atoms with Gasteiger partial charge in [0.1, 0.15) is 11.6 Å². The van der Waals surface area contributed by atoms with Gasteiger partial charge in [-0.25, -0.2) is 9.79 Å². The summed E-state index contributed by atoms with van der Waals surface area (Å²) in [5.41, 5.74) is 2.52. The Hall–Kier alpha value is -4.90. The van der Waals surface area contributed by atoms with E-state index in [1.54, 1.807) is 42.0 Å². The fraction of sp³-hybridized carbons (Fsp3) is 0.161. The molecule has 1 aromatic heterocycles. The van der Waals surface area contributed by atoms with Crippen LogP contribution < -0.4 is 14.5 Å². The Balaban J connectivity index is 1.44. The number of rotatable bonds is 6. The molecule has 0 aliphatic carbocycles. The monoisotopic (exact) mass is 626 g/mol. The van der Waals surface area contributed by atoms with Crippen molar-refractivity contribution < 1.29 is 28.2 Å². The van der Waals surface area contributed by atoms with Crippen LogP contribution in [0.4, 0.5) is 5.69 Å². The number of carbonyl (C=O) groups is 2. The smallest absolute Gasteiger partial charge is 0.338 e. The number of Topliss-reactive ketones (excluding diaryl/α,β-unsaturated/α-hetero) is 1. The molecule has 210 valence electrons. The minimum Gasteiger partial charge on any atom is -0.463 e. The fourth-order valence-electron chi connectivity index (χ4n) is 5.32. The molecule has 4 heterocycles. The minimum atomic E-state index is -0.872. The van der Waals surface area contributed by atoms with Crippen LogP contribution in [0.5, 0.6) is 11.5 Å². The fourth-order valence-corrected chi connectivity index (χ4v) is 5.70. The normalized spacial score (nSPS) is 17.4. The summed E-state index contributed by atoms with van der Waals surface area (Å²) < 4.78 is 23.9. The Bertz CT molecular complexity index is 1860. The standard InChI is InChI=1S/C31H23BrN4O6/c1-3-39-30(38)25-17(2)33-31-35(26(25)21-10-7-11-23-28(21)41-16-40-23)29(34-36(31)20-8-5-4-6-9-20)27(37)24-15-18-14-19(32)12-13-22(18)42-24/h4-15,26H,3,16H2,1-2H3. The van der Waals surface area contributed by atoms with Crippen LogP contribution in [0.2, 0.25) is 0 Å². The third-order valence-electron chi connectivity index (χ3n) is 7.14. The van der Waals surface area contributed by atoms with Crippen molar-refractivity contribution in [1.29, 1.82) is 0 Å². The molecule has 0 saturated heterocycles. The highest BCUT2D eigenvalue weighted by molar-refractivity contribution is 9.10. The number of allylic oxidation sites excluding steroid dienone is 1. The first-order valence-electron chi connectivity index (χ1n) is 13.3. The molecule has 0 saturated carbocycles. The Kier molecular flexibility index (Phi) is 6.31. The second-order valence-corrected chi connectivity index (χ2v) is 10.6. The maximum absolute atomic E-state index is 14.3. The van der Waals surface area contributed by atoms with E-state index >= 15 is 0 Å². The summed E-state index contributed by atoms with van der Waals surface area (Å²) in [5, 5.41) is 7.13. The van der Waals surface area contributed by atoms with E-state index in [9.17, 15) is 9.59 Å². The van der Waals surface area contributed by atoms with Crippen molar-refractivity contribution in [2.45, 2.75) is 19.9 Å². The Morgan fingerprint density at radius 2 is 1.88 bits per heavy atom. The van der Waals surface area contributed by atoms with Gasteiger partial charge in [-0.2, -0.15) is 5.01 Å². The SMILES string of the molecule is CCOC(=O)C1=C(C)N=C2N(c3ccccc3)N=C(C(=O)c3cc4cc(Br)ccc4o3)N2C1c1cccc2c1OCO2. The Morgan fingerprint density at radius 1 is 1.05 bits per heavy atom. The minimum absolute atomic E-state index is 0.0199. The average Bonchev–Trinajstić information content (AvgIpc) is 3.73. The lowest BCUT2D eigenvalue weighted by Gasteiger charge is -2.35. The predicted octanol–water partition coefficient (Wildman–Crippen LogP) is 6.19. The van der Waals surface area contributed by atoms with E-state index in [2.05, 4.69) is 15.9 Å². The van der Waals surface area contributed by atoms with E-state index in [1.165, 1.54) is 0 Å². The molecule has 0 fully saturated rings. The van der Waals surface area contributed by atoms with E-state index in [0.29, 0.717) is 40.0 Å². The largest absolute Gasteiger partial charge is 0.463 e. The van der Waals surface area contributed by atoms with E-state index in [4.69, 9.17) is 28.7 Å². The van der Waals surface area contributed by atoms with Crippen LogP contribution in [0.15, 0.2) is 103 Å². The first-order valence-corrected chi connectivity index (χ1v) is 14.1. The van der Waals surface area contributed by atoms with Crippen molar-refractivity contribution in [3.8, 4) is 11.5 Å². The number of benzene rings is 3.